The number of nitrogens with zero attached hydrogens (tertiary/aromatic N) is 4. The van der Waals surface area contributed by atoms with Crippen LogP contribution in [0.25, 0.3) is 22.4 Å². The molecule has 3 aromatic heterocycles. The minimum atomic E-state index is -0.328. The topological polar surface area (TPSA) is 73.8 Å². The maximum Gasteiger partial charge on any atom is 0.336 e. The van der Waals surface area contributed by atoms with Gasteiger partial charge in [-0.1, -0.05) is 23.9 Å². The van der Waals surface area contributed by atoms with Crippen molar-refractivity contribution < 1.29 is 4.42 Å². The number of benzene rings is 1. The van der Waals surface area contributed by atoms with E-state index in [2.05, 4.69) is 32.7 Å². The van der Waals surface area contributed by atoms with Crippen molar-refractivity contribution >= 4 is 22.7 Å². The summed E-state index contributed by atoms with van der Waals surface area (Å²) < 4.78 is 7.54. The lowest BCUT2D eigenvalue weighted by atomic mass is 10.0. The molecule has 0 saturated carbocycles. The minimum Gasteiger partial charge on any atom is -0.422 e. The Morgan fingerprint density at radius 2 is 1.89 bits per heavy atom. The third-order valence-electron chi connectivity index (χ3n) is 4.85. The molecule has 0 aliphatic rings. The van der Waals surface area contributed by atoms with Crippen molar-refractivity contribution in [3.63, 3.8) is 0 Å². The number of thioether (sulfide) groups is 1. The first kappa shape index (κ1) is 18.4. The number of hydrogen-bond acceptors (Lipinski definition) is 6. The molecule has 0 amide bonds. The van der Waals surface area contributed by atoms with Gasteiger partial charge in [0, 0.05) is 41.7 Å². The first-order valence-corrected chi connectivity index (χ1v) is 10.1. The molecule has 0 fully saturated rings. The normalized spacial score (nSPS) is 11.2. The van der Waals surface area contributed by atoms with Crippen molar-refractivity contribution in [1.82, 2.24) is 19.7 Å². The van der Waals surface area contributed by atoms with Crippen molar-refractivity contribution in [2.75, 3.05) is 0 Å². The number of hydrogen-bond donors (Lipinski definition) is 0. The van der Waals surface area contributed by atoms with Gasteiger partial charge in [0.15, 0.2) is 11.0 Å². The number of aryl methyl sites for hydroxylation is 2. The highest BCUT2D eigenvalue weighted by Crippen LogP contribution is 2.30. The zero-order valence-electron chi connectivity index (χ0n) is 16.0. The summed E-state index contributed by atoms with van der Waals surface area (Å²) in [6.45, 7) is 6.81. The lowest BCUT2D eigenvalue weighted by Crippen LogP contribution is -2.03. The molecule has 0 atom stereocenters. The van der Waals surface area contributed by atoms with E-state index in [0.29, 0.717) is 11.3 Å². The SMILES string of the molecule is CCn1c(SCc2cc(=O)oc3c(C)c(C)ccc23)nnc1-c1ccncc1. The first-order chi connectivity index (χ1) is 13.6. The molecule has 7 heteroatoms. The van der Waals surface area contributed by atoms with Crippen LogP contribution in [0.1, 0.15) is 23.6 Å². The zero-order chi connectivity index (χ0) is 19.7. The fraction of sp³-hybridized carbons (Fsp3) is 0.238. The van der Waals surface area contributed by atoms with E-state index >= 15 is 0 Å². The summed E-state index contributed by atoms with van der Waals surface area (Å²) in [4.78, 5) is 16.1. The standard InChI is InChI=1S/C21H20N4O2S/c1-4-25-20(15-7-9-22-10-8-15)23-24-21(25)28-12-16-11-18(26)27-19-14(3)13(2)5-6-17(16)19/h5-11H,4,12H2,1-3H3. The van der Waals surface area contributed by atoms with Gasteiger partial charge in [-0.15, -0.1) is 10.2 Å². The second-order valence-corrected chi connectivity index (χ2v) is 7.49. The zero-order valence-corrected chi connectivity index (χ0v) is 16.8. The Labute approximate surface area is 166 Å². The molecule has 142 valence electrons. The molecule has 3 heterocycles. The summed E-state index contributed by atoms with van der Waals surface area (Å²) in [6, 6.07) is 9.49. The summed E-state index contributed by atoms with van der Waals surface area (Å²) in [5, 5.41) is 10.5. The van der Waals surface area contributed by atoms with E-state index < -0.39 is 0 Å². The molecular formula is C21H20N4O2S. The van der Waals surface area contributed by atoms with Gasteiger partial charge < -0.3 is 8.98 Å². The van der Waals surface area contributed by atoms with Crippen LogP contribution in [0.3, 0.4) is 0 Å². The second-order valence-electron chi connectivity index (χ2n) is 6.55. The van der Waals surface area contributed by atoms with E-state index in [1.165, 1.54) is 0 Å². The summed E-state index contributed by atoms with van der Waals surface area (Å²) in [5.74, 6) is 1.43. The van der Waals surface area contributed by atoms with Gasteiger partial charge in [0.1, 0.15) is 5.58 Å². The lowest BCUT2D eigenvalue weighted by Gasteiger charge is -2.10. The van der Waals surface area contributed by atoms with Gasteiger partial charge in [-0.3, -0.25) is 4.98 Å². The van der Waals surface area contributed by atoms with Crippen LogP contribution in [-0.4, -0.2) is 19.7 Å². The van der Waals surface area contributed by atoms with Crippen molar-refractivity contribution in [1.29, 1.82) is 0 Å². The Kier molecular flexibility index (Phi) is 5.00. The third-order valence-corrected chi connectivity index (χ3v) is 5.86. The first-order valence-electron chi connectivity index (χ1n) is 9.07. The average Bonchev–Trinajstić information content (AvgIpc) is 3.13. The number of pyridine rings is 1. The largest absolute Gasteiger partial charge is 0.422 e. The maximum absolute atomic E-state index is 12.1. The Bertz CT molecular complexity index is 1200. The van der Waals surface area contributed by atoms with Gasteiger partial charge >= 0.3 is 5.63 Å². The highest BCUT2D eigenvalue weighted by Gasteiger charge is 2.15. The van der Waals surface area contributed by atoms with E-state index in [-0.39, 0.29) is 5.63 Å². The fourth-order valence-corrected chi connectivity index (χ4v) is 4.17. The monoisotopic (exact) mass is 392 g/mol. The Balaban J connectivity index is 1.68. The van der Waals surface area contributed by atoms with Crippen LogP contribution in [0.4, 0.5) is 0 Å². The molecule has 4 aromatic rings. The number of aromatic nitrogens is 4. The quantitative estimate of drug-likeness (QED) is 0.371. The molecule has 6 nitrogen and oxygen atoms in total. The molecule has 0 unspecified atom stereocenters. The van der Waals surface area contributed by atoms with Gasteiger partial charge in [0.25, 0.3) is 0 Å². The molecule has 1 aromatic carbocycles. The smallest absolute Gasteiger partial charge is 0.336 e. The van der Waals surface area contributed by atoms with E-state index in [0.717, 1.165) is 45.2 Å². The van der Waals surface area contributed by atoms with Gasteiger partial charge in [-0.25, -0.2) is 4.79 Å². The summed E-state index contributed by atoms with van der Waals surface area (Å²) in [5.41, 5.74) is 4.36. The Morgan fingerprint density at radius 1 is 1.11 bits per heavy atom. The van der Waals surface area contributed by atoms with Crippen molar-refractivity contribution in [2.45, 2.75) is 38.2 Å². The third kappa shape index (κ3) is 3.33. The molecule has 0 N–H and O–H groups in total. The molecule has 0 radical (unpaired) electrons. The molecule has 28 heavy (non-hydrogen) atoms. The molecule has 0 aliphatic carbocycles. The van der Waals surface area contributed by atoms with Crippen LogP contribution in [0.2, 0.25) is 0 Å². The van der Waals surface area contributed by atoms with Crippen LogP contribution < -0.4 is 5.63 Å². The van der Waals surface area contributed by atoms with Gasteiger partial charge in [0.05, 0.1) is 0 Å². The minimum absolute atomic E-state index is 0.328. The van der Waals surface area contributed by atoms with E-state index in [1.54, 1.807) is 30.2 Å². The van der Waals surface area contributed by atoms with E-state index in [4.69, 9.17) is 4.42 Å². The highest BCUT2D eigenvalue weighted by molar-refractivity contribution is 7.98. The summed E-state index contributed by atoms with van der Waals surface area (Å²) in [6.07, 6.45) is 3.49. The highest BCUT2D eigenvalue weighted by atomic mass is 32.2. The molecule has 0 saturated heterocycles. The maximum atomic E-state index is 12.1. The number of rotatable bonds is 5. The summed E-state index contributed by atoms with van der Waals surface area (Å²) >= 11 is 1.57. The Morgan fingerprint density at radius 3 is 2.64 bits per heavy atom. The molecule has 0 bridgehead atoms. The van der Waals surface area contributed by atoms with Gasteiger partial charge in [-0.05, 0) is 49.6 Å². The predicted molar refractivity (Wildman–Crippen MR) is 110 cm³/mol. The van der Waals surface area contributed by atoms with Crippen LogP contribution in [0.15, 0.2) is 57.1 Å². The van der Waals surface area contributed by atoms with E-state index in [9.17, 15) is 4.79 Å². The van der Waals surface area contributed by atoms with Crippen molar-refractivity contribution in [2.24, 2.45) is 0 Å². The van der Waals surface area contributed by atoms with Gasteiger partial charge in [-0.2, -0.15) is 0 Å². The van der Waals surface area contributed by atoms with Crippen molar-refractivity contribution in [3.05, 3.63) is 69.8 Å². The molecule has 0 spiro atoms. The molecule has 0 aliphatic heterocycles. The molecular weight excluding hydrogens is 372 g/mol. The number of fused-ring (bicyclic) bond motifs is 1. The van der Waals surface area contributed by atoms with Crippen LogP contribution in [0, 0.1) is 13.8 Å². The summed E-state index contributed by atoms with van der Waals surface area (Å²) in [7, 11) is 0. The van der Waals surface area contributed by atoms with Crippen molar-refractivity contribution in [3.8, 4) is 11.4 Å². The second kappa shape index (κ2) is 7.59. The van der Waals surface area contributed by atoms with Gasteiger partial charge in [0.2, 0.25) is 0 Å². The average molecular weight is 392 g/mol. The van der Waals surface area contributed by atoms with Crippen LogP contribution in [-0.2, 0) is 12.3 Å². The fourth-order valence-electron chi connectivity index (χ4n) is 3.18. The Hall–Kier alpha value is -2.93. The predicted octanol–water partition coefficient (Wildman–Crippen LogP) is 4.38. The van der Waals surface area contributed by atoms with Crippen LogP contribution in [0.5, 0.6) is 0 Å². The lowest BCUT2D eigenvalue weighted by molar-refractivity contribution is 0.557. The van der Waals surface area contributed by atoms with E-state index in [1.807, 2.05) is 32.0 Å². The van der Waals surface area contributed by atoms with Crippen LogP contribution >= 0.6 is 11.8 Å². The molecule has 4 rings (SSSR count).